The van der Waals surface area contributed by atoms with Crippen LogP contribution in [0.25, 0.3) is 0 Å². The first-order chi connectivity index (χ1) is 10.9. The van der Waals surface area contributed by atoms with Gasteiger partial charge in [0.25, 0.3) is 5.91 Å². The van der Waals surface area contributed by atoms with Gasteiger partial charge >= 0.3 is 0 Å². The molecule has 0 spiro atoms. The van der Waals surface area contributed by atoms with Crippen LogP contribution >= 0.6 is 0 Å². The van der Waals surface area contributed by atoms with E-state index in [0.29, 0.717) is 5.75 Å². The topological polar surface area (TPSA) is 84.7 Å². The van der Waals surface area contributed by atoms with Gasteiger partial charge in [0.2, 0.25) is 5.91 Å². The van der Waals surface area contributed by atoms with Crippen molar-refractivity contribution < 1.29 is 14.3 Å². The van der Waals surface area contributed by atoms with Crippen molar-refractivity contribution in [3.63, 3.8) is 0 Å². The van der Waals surface area contributed by atoms with Gasteiger partial charge in [-0.15, -0.1) is 0 Å². The molecule has 1 fully saturated rings. The SMILES string of the molecule is Cc1ccc(OC(C)C(=O)NC2CCN(CC(N)=O)CC2)cc1. The fraction of sp³-hybridized carbons (Fsp3) is 0.529. The van der Waals surface area contributed by atoms with Gasteiger partial charge in [0, 0.05) is 19.1 Å². The van der Waals surface area contributed by atoms with Gasteiger partial charge in [-0.05, 0) is 38.8 Å². The lowest BCUT2D eigenvalue weighted by Crippen LogP contribution is -2.49. The van der Waals surface area contributed by atoms with Gasteiger partial charge in [0.1, 0.15) is 5.75 Å². The van der Waals surface area contributed by atoms with E-state index >= 15 is 0 Å². The predicted octanol–water partition coefficient (Wildman–Crippen LogP) is 0.828. The molecular formula is C17H25N3O3. The minimum Gasteiger partial charge on any atom is -0.481 e. The van der Waals surface area contributed by atoms with Crippen LogP contribution in [0.3, 0.4) is 0 Å². The molecule has 1 atom stereocenters. The molecule has 23 heavy (non-hydrogen) atoms. The van der Waals surface area contributed by atoms with Gasteiger partial charge in [0.05, 0.1) is 6.54 Å². The lowest BCUT2D eigenvalue weighted by Gasteiger charge is -2.32. The number of piperidine rings is 1. The summed E-state index contributed by atoms with van der Waals surface area (Å²) in [6, 6.07) is 7.75. The summed E-state index contributed by atoms with van der Waals surface area (Å²) in [4.78, 5) is 25.1. The van der Waals surface area contributed by atoms with E-state index in [9.17, 15) is 9.59 Å². The number of aryl methyl sites for hydroxylation is 1. The van der Waals surface area contributed by atoms with Crippen LogP contribution in [0.5, 0.6) is 5.75 Å². The molecule has 2 amide bonds. The van der Waals surface area contributed by atoms with Crippen LogP contribution in [-0.2, 0) is 9.59 Å². The summed E-state index contributed by atoms with van der Waals surface area (Å²) in [5.74, 6) is 0.265. The van der Waals surface area contributed by atoms with E-state index in [2.05, 4.69) is 5.32 Å². The average molecular weight is 319 g/mol. The smallest absolute Gasteiger partial charge is 0.260 e. The number of rotatable bonds is 6. The van der Waals surface area contributed by atoms with Gasteiger partial charge < -0.3 is 15.8 Å². The van der Waals surface area contributed by atoms with Crippen LogP contribution < -0.4 is 15.8 Å². The normalized spacial score (nSPS) is 17.5. The van der Waals surface area contributed by atoms with E-state index in [0.717, 1.165) is 31.5 Å². The second-order valence-corrected chi connectivity index (χ2v) is 6.10. The number of likely N-dealkylation sites (tertiary alicyclic amines) is 1. The molecule has 0 bridgehead atoms. The maximum atomic E-state index is 12.2. The first-order valence-electron chi connectivity index (χ1n) is 7.98. The molecule has 3 N–H and O–H groups in total. The van der Waals surface area contributed by atoms with Crippen molar-refractivity contribution in [3.8, 4) is 5.75 Å². The molecule has 0 aliphatic carbocycles. The number of benzene rings is 1. The predicted molar refractivity (Wildman–Crippen MR) is 88.1 cm³/mol. The number of primary amides is 1. The summed E-state index contributed by atoms with van der Waals surface area (Å²) in [6.45, 7) is 5.57. The maximum Gasteiger partial charge on any atom is 0.260 e. The zero-order valence-corrected chi connectivity index (χ0v) is 13.7. The Labute approximate surface area is 137 Å². The average Bonchev–Trinajstić information content (AvgIpc) is 2.51. The third kappa shape index (κ3) is 5.56. The van der Waals surface area contributed by atoms with Crippen LogP contribution in [0.4, 0.5) is 0 Å². The molecule has 0 saturated carbocycles. The van der Waals surface area contributed by atoms with Crippen molar-refractivity contribution >= 4 is 11.8 Å². The Kier molecular flexibility index (Phi) is 5.98. The number of ether oxygens (including phenoxy) is 1. The van der Waals surface area contributed by atoms with Crippen molar-refractivity contribution in [2.24, 2.45) is 5.73 Å². The van der Waals surface area contributed by atoms with E-state index in [-0.39, 0.29) is 24.4 Å². The molecule has 1 saturated heterocycles. The molecule has 1 unspecified atom stereocenters. The summed E-state index contributed by atoms with van der Waals surface area (Å²) in [5, 5.41) is 3.02. The molecule has 2 rings (SSSR count). The Morgan fingerprint density at radius 3 is 2.48 bits per heavy atom. The van der Waals surface area contributed by atoms with Crippen LogP contribution in [0.2, 0.25) is 0 Å². The van der Waals surface area contributed by atoms with Crippen LogP contribution in [0, 0.1) is 6.92 Å². The molecule has 1 aromatic carbocycles. The minimum absolute atomic E-state index is 0.112. The Hall–Kier alpha value is -2.08. The fourth-order valence-electron chi connectivity index (χ4n) is 2.65. The number of carbonyl (C=O) groups excluding carboxylic acids is 2. The third-order valence-corrected chi connectivity index (χ3v) is 4.02. The monoisotopic (exact) mass is 319 g/mol. The highest BCUT2D eigenvalue weighted by Gasteiger charge is 2.24. The van der Waals surface area contributed by atoms with E-state index in [1.165, 1.54) is 0 Å². The zero-order chi connectivity index (χ0) is 16.8. The number of nitrogens with two attached hydrogens (primary N) is 1. The quantitative estimate of drug-likeness (QED) is 0.813. The van der Waals surface area contributed by atoms with Gasteiger partial charge in [0.15, 0.2) is 6.10 Å². The molecule has 6 heteroatoms. The van der Waals surface area contributed by atoms with Crippen molar-refractivity contribution in [2.75, 3.05) is 19.6 Å². The largest absolute Gasteiger partial charge is 0.481 e. The Balaban J connectivity index is 1.76. The number of hydrogen-bond acceptors (Lipinski definition) is 4. The first kappa shape index (κ1) is 17.3. The highest BCUT2D eigenvalue weighted by molar-refractivity contribution is 5.81. The molecule has 1 aliphatic rings. The molecule has 1 heterocycles. The van der Waals surface area contributed by atoms with E-state index in [1.807, 2.05) is 36.1 Å². The van der Waals surface area contributed by atoms with Crippen LogP contribution in [-0.4, -0.2) is 48.5 Å². The molecule has 6 nitrogen and oxygen atoms in total. The number of nitrogens with zero attached hydrogens (tertiary/aromatic N) is 1. The standard InChI is InChI=1S/C17H25N3O3/c1-12-3-5-15(6-4-12)23-13(2)17(22)19-14-7-9-20(10-8-14)11-16(18)21/h3-6,13-14H,7-11H2,1-2H3,(H2,18,21)(H,19,22). The van der Waals surface area contributed by atoms with Gasteiger partial charge in [-0.2, -0.15) is 0 Å². The number of carbonyl (C=O) groups is 2. The Morgan fingerprint density at radius 1 is 1.30 bits per heavy atom. The highest BCUT2D eigenvalue weighted by Crippen LogP contribution is 2.14. The van der Waals surface area contributed by atoms with Gasteiger partial charge in [-0.3, -0.25) is 14.5 Å². The van der Waals surface area contributed by atoms with Crippen molar-refractivity contribution in [2.45, 2.75) is 38.8 Å². The fourth-order valence-corrected chi connectivity index (χ4v) is 2.65. The summed E-state index contributed by atoms with van der Waals surface area (Å²) in [5.41, 5.74) is 6.34. The number of amides is 2. The molecule has 1 aliphatic heterocycles. The van der Waals surface area contributed by atoms with Crippen LogP contribution in [0.1, 0.15) is 25.3 Å². The summed E-state index contributed by atoms with van der Waals surface area (Å²) in [6.07, 6.45) is 1.09. The van der Waals surface area contributed by atoms with E-state index < -0.39 is 6.10 Å². The Morgan fingerprint density at radius 2 is 1.91 bits per heavy atom. The zero-order valence-electron chi connectivity index (χ0n) is 13.7. The van der Waals surface area contributed by atoms with Crippen molar-refractivity contribution in [3.05, 3.63) is 29.8 Å². The molecule has 0 radical (unpaired) electrons. The molecule has 0 aromatic heterocycles. The van der Waals surface area contributed by atoms with Crippen LogP contribution in [0.15, 0.2) is 24.3 Å². The summed E-state index contributed by atoms with van der Waals surface area (Å²) < 4.78 is 5.66. The molecule has 126 valence electrons. The van der Waals surface area contributed by atoms with E-state index in [4.69, 9.17) is 10.5 Å². The second kappa shape index (κ2) is 7.97. The number of nitrogens with one attached hydrogen (secondary N) is 1. The van der Waals surface area contributed by atoms with Crippen molar-refractivity contribution in [1.29, 1.82) is 0 Å². The maximum absolute atomic E-state index is 12.2. The van der Waals surface area contributed by atoms with E-state index in [1.54, 1.807) is 6.92 Å². The molecule has 1 aromatic rings. The highest BCUT2D eigenvalue weighted by atomic mass is 16.5. The second-order valence-electron chi connectivity index (χ2n) is 6.10. The van der Waals surface area contributed by atoms with Gasteiger partial charge in [-0.25, -0.2) is 0 Å². The third-order valence-electron chi connectivity index (χ3n) is 4.02. The van der Waals surface area contributed by atoms with Crippen molar-refractivity contribution in [1.82, 2.24) is 10.2 Å². The number of hydrogen-bond donors (Lipinski definition) is 2. The lowest BCUT2D eigenvalue weighted by molar-refractivity contribution is -0.128. The minimum atomic E-state index is -0.540. The Bertz CT molecular complexity index is 537. The summed E-state index contributed by atoms with van der Waals surface area (Å²) >= 11 is 0. The summed E-state index contributed by atoms with van der Waals surface area (Å²) in [7, 11) is 0. The lowest BCUT2D eigenvalue weighted by atomic mass is 10.0. The molecular weight excluding hydrogens is 294 g/mol. The first-order valence-corrected chi connectivity index (χ1v) is 7.98. The van der Waals surface area contributed by atoms with Gasteiger partial charge in [-0.1, -0.05) is 17.7 Å².